The van der Waals surface area contributed by atoms with E-state index in [0.717, 1.165) is 13.1 Å². The van der Waals surface area contributed by atoms with E-state index in [0.29, 0.717) is 19.6 Å². The third-order valence-corrected chi connectivity index (χ3v) is 2.23. The Kier molecular flexibility index (Phi) is 4.14. The highest BCUT2D eigenvalue weighted by atomic mass is 16.5. The first-order chi connectivity index (χ1) is 6.24. The molecule has 1 fully saturated rings. The lowest BCUT2D eigenvalue weighted by Gasteiger charge is -2.34. The van der Waals surface area contributed by atoms with Crippen LogP contribution in [-0.4, -0.2) is 54.8 Å². The minimum Gasteiger partial charge on any atom is -0.395 e. The summed E-state index contributed by atoms with van der Waals surface area (Å²) >= 11 is 0. The predicted octanol–water partition coefficient (Wildman–Crippen LogP) is -0.994. The summed E-state index contributed by atoms with van der Waals surface area (Å²) in [6.45, 7) is 2.95. The number of aliphatic hydroxyl groups excluding tert-OH is 1. The van der Waals surface area contributed by atoms with E-state index < -0.39 is 0 Å². The normalized spacial score (nSPS) is 24.5. The van der Waals surface area contributed by atoms with Crippen LogP contribution >= 0.6 is 0 Å². The largest absolute Gasteiger partial charge is 0.395 e. The molecular formula is C8H17N3O2. The van der Waals surface area contributed by atoms with Crippen LogP contribution in [0.15, 0.2) is 0 Å². The highest BCUT2D eigenvalue weighted by Crippen LogP contribution is 2.06. The van der Waals surface area contributed by atoms with E-state index in [1.165, 1.54) is 0 Å². The zero-order valence-electron chi connectivity index (χ0n) is 7.70. The second-order valence-electron chi connectivity index (χ2n) is 3.22. The molecule has 4 N–H and O–H groups in total. The third-order valence-electron chi connectivity index (χ3n) is 2.23. The molecule has 0 aromatic heterocycles. The van der Waals surface area contributed by atoms with Gasteiger partial charge in [0.1, 0.15) is 0 Å². The van der Waals surface area contributed by atoms with Crippen molar-refractivity contribution in [2.24, 2.45) is 5.73 Å². The number of rotatable bonds is 4. The van der Waals surface area contributed by atoms with Crippen molar-refractivity contribution in [3.63, 3.8) is 0 Å². The molecule has 0 aromatic rings. The molecule has 0 bridgehead atoms. The van der Waals surface area contributed by atoms with E-state index in [1.807, 2.05) is 0 Å². The van der Waals surface area contributed by atoms with Crippen molar-refractivity contribution in [2.45, 2.75) is 12.5 Å². The van der Waals surface area contributed by atoms with Gasteiger partial charge < -0.3 is 15.6 Å². The molecule has 0 aliphatic carbocycles. The van der Waals surface area contributed by atoms with Gasteiger partial charge in [0.15, 0.2) is 0 Å². The fourth-order valence-electron chi connectivity index (χ4n) is 1.42. The fraction of sp³-hybridized carbons (Fsp3) is 0.875. The minimum atomic E-state index is 0.0769. The van der Waals surface area contributed by atoms with Gasteiger partial charge in [0, 0.05) is 19.5 Å². The van der Waals surface area contributed by atoms with Crippen LogP contribution in [0.4, 0.5) is 0 Å². The summed E-state index contributed by atoms with van der Waals surface area (Å²) in [5.74, 6) is 0.197. The maximum Gasteiger partial charge on any atom is 0.0918 e. The molecule has 1 atom stereocenters. The molecular weight excluding hydrogens is 170 g/mol. The van der Waals surface area contributed by atoms with Crippen molar-refractivity contribution in [3.8, 4) is 0 Å². The monoisotopic (exact) mass is 187 g/mol. The molecule has 5 nitrogen and oxygen atoms in total. The topological polar surface area (TPSA) is 82.6 Å². The van der Waals surface area contributed by atoms with E-state index >= 15 is 0 Å². The molecule has 0 amide bonds. The van der Waals surface area contributed by atoms with Crippen molar-refractivity contribution in [1.82, 2.24) is 4.90 Å². The smallest absolute Gasteiger partial charge is 0.0918 e. The Labute approximate surface area is 78.0 Å². The number of nitrogens with one attached hydrogen (secondary N) is 1. The summed E-state index contributed by atoms with van der Waals surface area (Å²) in [6.07, 6.45) is 0.566. The zero-order chi connectivity index (χ0) is 9.68. The molecule has 13 heavy (non-hydrogen) atoms. The molecule has 1 unspecified atom stereocenters. The molecule has 1 saturated heterocycles. The fourth-order valence-corrected chi connectivity index (χ4v) is 1.42. The van der Waals surface area contributed by atoms with E-state index in [-0.39, 0.29) is 18.5 Å². The first kappa shape index (κ1) is 10.4. The summed E-state index contributed by atoms with van der Waals surface area (Å²) < 4.78 is 5.22. The standard InChI is InChI=1S/C8H17N3O2/c9-8(10)1-2-11-3-4-13-6-7(11)5-12/h7,12H,1-6H2,(H3,9,10). The van der Waals surface area contributed by atoms with Crippen LogP contribution in [0.25, 0.3) is 0 Å². The molecule has 76 valence electrons. The predicted molar refractivity (Wildman–Crippen MR) is 49.8 cm³/mol. The number of hydrogen-bond acceptors (Lipinski definition) is 4. The molecule has 0 aromatic carbocycles. The highest BCUT2D eigenvalue weighted by Gasteiger charge is 2.21. The lowest BCUT2D eigenvalue weighted by atomic mass is 10.2. The average Bonchev–Trinajstić information content (AvgIpc) is 2.15. The SMILES string of the molecule is N=C(N)CCN1CCOCC1CO. The Bertz CT molecular complexity index is 175. The second-order valence-corrected chi connectivity index (χ2v) is 3.22. The molecule has 1 heterocycles. The lowest BCUT2D eigenvalue weighted by molar-refractivity contribution is -0.0260. The van der Waals surface area contributed by atoms with Gasteiger partial charge in [0.2, 0.25) is 0 Å². The molecule has 1 aliphatic rings. The van der Waals surface area contributed by atoms with Gasteiger partial charge >= 0.3 is 0 Å². The van der Waals surface area contributed by atoms with E-state index in [4.69, 9.17) is 21.0 Å². The number of hydrogen-bond donors (Lipinski definition) is 3. The van der Waals surface area contributed by atoms with Gasteiger partial charge in [-0.1, -0.05) is 0 Å². The summed E-state index contributed by atoms with van der Waals surface area (Å²) in [5.41, 5.74) is 5.26. The lowest BCUT2D eigenvalue weighted by Crippen LogP contribution is -2.48. The van der Waals surface area contributed by atoms with Crippen molar-refractivity contribution in [3.05, 3.63) is 0 Å². The van der Waals surface area contributed by atoms with E-state index in [9.17, 15) is 0 Å². The van der Waals surface area contributed by atoms with Crippen LogP contribution in [0.5, 0.6) is 0 Å². The molecule has 1 rings (SSSR count). The molecule has 5 heteroatoms. The first-order valence-electron chi connectivity index (χ1n) is 4.49. The van der Waals surface area contributed by atoms with Crippen molar-refractivity contribution in [1.29, 1.82) is 5.41 Å². The van der Waals surface area contributed by atoms with Crippen LogP contribution in [-0.2, 0) is 4.74 Å². The van der Waals surface area contributed by atoms with Gasteiger partial charge in [-0.3, -0.25) is 10.3 Å². The van der Waals surface area contributed by atoms with Crippen LogP contribution in [0.1, 0.15) is 6.42 Å². The summed E-state index contributed by atoms with van der Waals surface area (Å²) in [5, 5.41) is 16.1. The van der Waals surface area contributed by atoms with Crippen molar-refractivity contribution >= 4 is 5.84 Å². The Morgan fingerprint density at radius 3 is 3.08 bits per heavy atom. The number of nitrogens with zero attached hydrogens (tertiary/aromatic N) is 1. The Morgan fingerprint density at radius 2 is 2.46 bits per heavy atom. The summed E-state index contributed by atoms with van der Waals surface area (Å²) in [7, 11) is 0. The molecule has 1 aliphatic heterocycles. The Hall–Kier alpha value is -0.650. The van der Waals surface area contributed by atoms with Crippen LogP contribution in [0.3, 0.4) is 0 Å². The van der Waals surface area contributed by atoms with Gasteiger partial charge in [-0.05, 0) is 0 Å². The van der Waals surface area contributed by atoms with Crippen molar-refractivity contribution in [2.75, 3.05) is 32.9 Å². The Morgan fingerprint density at radius 1 is 1.69 bits per heavy atom. The van der Waals surface area contributed by atoms with E-state index in [2.05, 4.69) is 4.90 Å². The van der Waals surface area contributed by atoms with Crippen LogP contribution < -0.4 is 5.73 Å². The third kappa shape index (κ3) is 3.30. The number of aliphatic hydroxyl groups is 1. The van der Waals surface area contributed by atoms with Gasteiger partial charge in [0.25, 0.3) is 0 Å². The van der Waals surface area contributed by atoms with Crippen LogP contribution in [0, 0.1) is 5.41 Å². The number of morpholine rings is 1. The average molecular weight is 187 g/mol. The molecule has 0 saturated carbocycles. The second kappa shape index (κ2) is 5.16. The zero-order valence-corrected chi connectivity index (χ0v) is 7.70. The van der Waals surface area contributed by atoms with Gasteiger partial charge in [0.05, 0.1) is 31.7 Å². The maximum atomic E-state index is 9.02. The van der Waals surface area contributed by atoms with Gasteiger partial charge in [-0.2, -0.15) is 0 Å². The number of nitrogens with two attached hydrogens (primary N) is 1. The highest BCUT2D eigenvalue weighted by molar-refractivity contribution is 5.76. The number of amidine groups is 1. The van der Waals surface area contributed by atoms with Gasteiger partial charge in [-0.15, -0.1) is 0 Å². The Balaban J connectivity index is 2.31. The molecule has 0 spiro atoms. The van der Waals surface area contributed by atoms with E-state index in [1.54, 1.807) is 0 Å². The molecule has 0 radical (unpaired) electrons. The quantitative estimate of drug-likeness (QED) is 0.389. The van der Waals surface area contributed by atoms with Crippen LogP contribution in [0.2, 0.25) is 0 Å². The summed E-state index contributed by atoms with van der Waals surface area (Å²) in [4.78, 5) is 2.12. The van der Waals surface area contributed by atoms with Gasteiger partial charge in [-0.25, -0.2) is 0 Å². The minimum absolute atomic E-state index is 0.0769. The summed E-state index contributed by atoms with van der Waals surface area (Å²) in [6, 6.07) is 0.0769. The maximum absolute atomic E-state index is 9.02. The number of ether oxygens (including phenoxy) is 1. The van der Waals surface area contributed by atoms with Crippen molar-refractivity contribution < 1.29 is 9.84 Å². The first-order valence-corrected chi connectivity index (χ1v) is 4.49.